The molecule has 0 aliphatic rings. The van der Waals surface area contributed by atoms with Crippen molar-refractivity contribution in [2.24, 2.45) is 0 Å². The smallest absolute Gasteiger partial charge is 0.101 e. The molecular formula is C16H18ClNO. The number of halogens is 1. The third-order valence-electron chi connectivity index (χ3n) is 3.10. The average Bonchev–Trinajstić information content (AvgIpc) is 2.40. The SMILES string of the molecule is CC(O)(CNCc1ccccc1)c1ccccc1Cl. The second-order valence-electron chi connectivity index (χ2n) is 4.84. The van der Waals surface area contributed by atoms with E-state index in [2.05, 4.69) is 17.4 Å². The fraction of sp³-hybridized carbons (Fsp3) is 0.250. The first-order valence-corrected chi connectivity index (χ1v) is 6.69. The molecule has 2 rings (SSSR count). The summed E-state index contributed by atoms with van der Waals surface area (Å²) < 4.78 is 0. The van der Waals surface area contributed by atoms with Gasteiger partial charge in [0.05, 0.1) is 0 Å². The Morgan fingerprint density at radius 2 is 1.68 bits per heavy atom. The Morgan fingerprint density at radius 1 is 1.05 bits per heavy atom. The minimum Gasteiger partial charge on any atom is -0.384 e. The first kappa shape index (κ1) is 14.1. The van der Waals surface area contributed by atoms with Crippen LogP contribution < -0.4 is 5.32 Å². The van der Waals surface area contributed by atoms with Crippen LogP contribution in [0.4, 0.5) is 0 Å². The molecule has 0 saturated carbocycles. The fourth-order valence-corrected chi connectivity index (χ4v) is 2.38. The third-order valence-corrected chi connectivity index (χ3v) is 3.42. The summed E-state index contributed by atoms with van der Waals surface area (Å²) in [5.41, 5.74) is 0.960. The van der Waals surface area contributed by atoms with E-state index < -0.39 is 5.60 Å². The first-order valence-electron chi connectivity index (χ1n) is 6.31. The molecule has 1 atom stereocenters. The van der Waals surface area contributed by atoms with Gasteiger partial charge in [-0.05, 0) is 18.6 Å². The van der Waals surface area contributed by atoms with E-state index >= 15 is 0 Å². The second kappa shape index (κ2) is 6.20. The maximum Gasteiger partial charge on any atom is 0.101 e. The number of nitrogens with one attached hydrogen (secondary N) is 1. The minimum absolute atomic E-state index is 0.450. The number of hydrogen-bond acceptors (Lipinski definition) is 2. The van der Waals surface area contributed by atoms with Gasteiger partial charge in [0, 0.05) is 23.7 Å². The molecule has 0 aliphatic carbocycles. The molecule has 0 amide bonds. The lowest BCUT2D eigenvalue weighted by molar-refractivity contribution is 0.0568. The lowest BCUT2D eigenvalue weighted by atomic mass is 9.96. The first-order chi connectivity index (χ1) is 9.09. The number of aliphatic hydroxyl groups is 1. The van der Waals surface area contributed by atoms with Crippen molar-refractivity contribution in [1.82, 2.24) is 5.32 Å². The molecule has 0 spiro atoms. The Kier molecular flexibility index (Phi) is 4.59. The predicted octanol–water partition coefficient (Wildman–Crippen LogP) is 3.34. The molecule has 0 radical (unpaired) electrons. The zero-order valence-electron chi connectivity index (χ0n) is 10.9. The lowest BCUT2D eigenvalue weighted by Gasteiger charge is -2.25. The van der Waals surface area contributed by atoms with Crippen LogP contribution in [-0.2, 0) is 12.1 Å². The van der Waals surface area contributed by atoms with Gasteiger partial charge in [-0.15, -0.1) is 0 Å². The largest absolute Gasteiger partial charge is 0.384 e. The van der Waals surface area contributed by atoms with Gasteiger partial charge in [-0.25, -0.2) is 0 Å². The van der Waals surface area contributed by atoms with E-state index in [9.17, 15) is 5.11 Å². The Balaban J connectivity index is 1.97. The van der Waals surface area contributed by atoms with Crippen LogP contribution in [0.15, 0.2) is 54.6 Å². The summed E-state index contributed by atoms with van der Waals surface area (Å²) in [6.45, 7) is 2.94. The van der Waals surface area contributed by atoms with Crippen molar-refractivity contribution < 1.29 is 5.11 Å². The Morgan fingerprint density at radius 3 is 2.37 bits per heavy atom. The normalized spacial score (nSPS) is 14.1. The molecular weight excluding hydrogens is 258 g/mol. The van der Waals surface area contributed by atoms with Crippen molar-refractivity contribution in [3.63, 3.8) is 0 Å². The van der Waals surface area contributed by atoms with Gasteiger partial charge in [0.1, 0.15) is 5.60 Å². The molecule has 0 bridgehead atoms. The van der Waals surface area contributed by atoms with E-state index in [1.165, 1.54) is 5.56 Å². The van der Waals surface area contributed by atoms with E-state index in [0.717, 1.165) is 12.1 Å². The molecule has 2 N–H and O–H groups in total. The topological polar surface area (TPSA) is 32.3 Å². The summed E-state index contributed by atoms with van der Waals surface area (Å²) in [6, 6.07) is 17.5. The van der Waals surface area contributed by atoms with E-state index in [0.29, 0.717) is 11.6 Å². The van der Waals surface area contributed by atoms with Crippen LogP contribution in [0.5, 0.6) is 0 Å². The summed E-state index contributed by atoms with van der Waals surface area (Å²) in [5.74, 6) is 0. The second-order valence-corrected chi connectivity index (χ2v) is 5.25. The summed E-state index contributed by atoms with van der Waals surface area (Å²) in [7, 11) is 0. The highest BCUT2D eigenvalue weighted by molar-refractivity contribution is 6.31. The molecule has 0 heterocycles. The van der Waals surface area contributed by atoms with Crippen molar-refractivity contribution in [2.45, 2.75) is 19.1 Å². The van der Waals surface area contributed by atoms with Gasteiger partial charge < -0.3 is 10.4 Å². The summed E-state index contributed by atoms with van der Waals surface area (Å²) >= 11 is 6.12. The Labute approximate surface area is 119 Å². The van der Waals surface area contributed by atoms with Gasteiger partial charge in [0.2, 0.25) is 0 Å². The van der Waals surface area contributed by atoms with Crippen molar-refractivity contribution in [3.05, 3.63) is 70.7 Å². The standard InChI is InChI=1S/C16H18ClNO/c1-16(19,14-9-5-6-10-15(14)17)12-18-11-13-7-3-2-4-8-13/h2-10,18-19H,11-12H2,1H3. The summed E-state index contributed by atoms with van der Waals surface area (Å²) in [5, 5.41) is 14.3. The van der Waals surface area contributed by atoms with Crippen molar-refractivity contribution in [1.29, 1.82) is 0 Å². The monoisotopic (exact) mass is 275 g/mol. The van der Waals surface area contributed by atoms with Crippen LogP contribution in [0, 0.1) is 0 Å². The van der Waals surface area contributed by atoms with E-state index in [-0.39, 0.29) is 0 Å². The number of rotatable bonds is 5. The van der Waals surface area contributed by atoms with E-state index in [1.807, 2.05) is 36.4 Å². The van der Waals surface area contributed by atoms with Crippen LogP contribution in [0.1, 0.15) is 18.1 Å². The highest BCUT2D eigenvalue weighted by Crippen LogP contribution is 2.27. The third kappa shape index (κ3) is 3.80. The maximum absolute atomic E-state index is 10.5. The van der Waals surface area contributed by atoms with Crippen LogP contribution in [-0.4, -0.2) is 11.7 Å². The molecule has 100 valence electrons. The average molecular weight is 276 g/mol. The Hall–Kier alpha value is -1.35. The van der Waals surface area contributed by atoms with Gasteiger partial charge in [0.25, 0.3) is 0 Å². The molecule has 19 heavy (non-hydrogen) atoms. The highest BCUT2D eigenvalue weighted by atomic mass is 35.5. The van der Waals surface area contributed by atoms with Crippen LogP contribution >= 0.6 is 11.6 Å². The van der Waals surface area contributed by atoms with Gasteiger partial charge in [-0.2, -0.15) is 0 Å². The number of hydrogen-bond donors (Lipinski definition) is 2. The maximum atomic E-state index is 10.5. The van der Waals surface area contributed by atoms with E-state index in [1.54, 1.807) is 13.0 Å². The fourth-order valence-electron chi connectivity index (χ4n) is 2.04. The van der Waals surface area contributed by atoms with Gasteiger partial charge in [-0.3, -0.25) is 0 Å². The molecule has 2 aromatic rings. The van der Waals surface area contributed by atoms with Crippen LogP contribution in [0.3, 0.4) is 0 Å². The zero-order valence-corrected chi connectivity index (χ0v) is 11.7. The minimum atomic E-state index is -0.979. The molecule has 0 saturated heterocycles. The van der Waals surface area contributed by atoms with Crippen LogP contribution in [0.2, 0.25) is 5.02 Å². The quantitative estimate of drug-likeness (QED) is 0.877. The van der Waals surface area contributed by atoms with Crippen molar-refractivity contribution >= 4 is 11.6 Å². The molecule has 2 nitrogen and oxygen atoms in total. The summed E-state index contributed by atoms with van der Waals surface area (Å²) in [4.78, 5) is 0. The molecule has 2 aromatic carbocycles. The molecule has 0 aliphatic heterocycles. The molecule has 0 fully saturated rings. The Bertz CT molecular complexity index is 525. The van der Waals surface area contributed by atoms with Crippen molar-refractivity contribution in [3.8, 4) is 0 Å². The van der Waals surface area contributed by atoms with Crippen LogP contribution in [0.25, 0.3) is 0 Å². The number of benzene rings is 2. The van der Waals surface area contributed by atoms with Gasteiger partial charge in [0.15, 0.2) is 0 Å². The van der Waals surface area contributed by atoms with Crippen molar-refractivity contribution in [2.75, 3.05) is 6.54 Å². The van der Waals surface area contributed by atoms with Gasteiger partial charge >= 0.3 is 0 Å². The highest BCUT2D eigenvalue weighted by Gasteiger charge is 2.24. The predicted molar refractivity (Wildman–Crippen MR) is 79.2 cm³/mol. The van der Waals surface area contributed by atoms with E-state index in [4.69, 9.17) is 11.6 Å². The molecule has 0 aromatic heterocycles. The molecule has 1 unspecified atom stereocenters. The summed E-state index contributed by atoms with van der Waals surface area (Å²) in [6.07, 6.45) is 0. The lowest BCUT2D eigenvalue weighted by Crippen LogP contribution is -2.35. The van der Waals surface area contributed by atoms with Gasteiger partial charge in [-0.1, -0.05) is 60.1 Å². The molecule has 3 heteroatoms. The zero-order chi connectivity index (χ0) is 13.7.